The molecule has 3 heterocycles. The number of aryl methyl sites for hydroxylation is 4. The number of amides is 1. The first kappa shape index (κ1) is 19.4. The molecule has 4 rings (SSSR count). The number of carbonyl (C=O) groups excluding carboxylic acids is 1. The molecule has 152 valence electrons. The topological polar surface area (TPSA) is 71.3 Å². The molecule has 0 radical (unpaired) electrons. The van der Waals surface area contributed by atoms with Gasteiger partial charge in [0.1, 0.15) is 17.4 Å². The van der Waals surface area contributed by atoms with Crippen LogP contribution in [0.15, 0.2) is 28.7 Å². The molecule has 1 fully saturated rings. The number of fused-ring (bicyclic) bond motifs is 1. The van der Waals surface area contributed by atoms with Gasteiger partial charge in [-0.15, -0.1) is 0 Å². The van der Waals surface area contributed by atoms with E-state index in [4.69, 9.17) is 9.40 Å². The van der Waals surface area contributed by atoms with Crippen LogP contribution in [0, 0.1) is 26.7 Å². The number of furan rings is 1. The molecule has 6 nitrogen and oxygen atoms in total. The van der Waals surface area contributed by atoms with Crippen LogP contribution in [0.2, 0.25) is 0 Å². The fourth-order valence-corrected chi connectivity index (χ4v) is 4.01. The number of carbonyl (C=O) groups is 1. The molecule has 1 N–H and O–H groups in total. The van der Waals surface area contributed by atoms with Gasteiger partial charge in [0, 0.05) is 24.3 Å². The first-order valence-electron chi connectivity index (χ1n) is 10.4. The number of hydrogen-bond donors (Lipinski definition) is 1. The number of nitrogens with one attached hydrogen (secondary N) is 1. The third kappa shape index (κ3) is 3.84. The summed E-state index contributed by atoms with van der Waals surface area (Å²) in [6, 6.07) is 8.08. The fraction of sp³-hybridized carbons (Fsp3) is 0.435. The standard InChI is InChI=1S/C23H28N4O2/c1-5-17-8-10-19(11-9-17)26-22(28)18-7-6-12-27(13-18)21-20-14(2)15(3)29-23(20)25-16(4)24-21/h8-11,18H,5-7,12-13H2,1-4H3,(H,26,28). The largest absolute Gasteiger partial charge is 0.443 e. The van der Waals surface area contributed by atoms with Crippen molar-refractivity contribution in [2.24, 2.45) is 5.92 Å². The van der Waals surface area contributed by atoms with Crippen molar-refractivity contribution >= 4 is 28.5 Å². The Kier molecular flexibility index (Phi) is 5.26. The summed E-state index contributed by atoms with van der Waals surface area (Å²) in [4.78, 5) is 24.3. The van der Waals surface area contributed by atoms with E-state index in [1.165, 1.54) is 5.56 Å². The highest BCUT2D eigenvalue weighted by Gasteiger charge is 2.29. The molecule has 3 aromatic rings. The summed E-state index contributed by atoms with van der Waals surface area (Å²) in [7, 11) is 0. The predicted octanol–water partition coefficient (Wildman–Crippen LogP) is 4.57. The zero-order valence-corrected chi connectivity index (χ0v) is 17.6. The first-order chi connectivity index (χ1) is 14.0. The van der Waals surface area contributed by atoms with Crippen molar-refractivity contribution in [3.05, 3.63) is 47.0 Å². The zero-order chi connectivity index (χ0) is 20.5. The van der Waals surface area contributed by atoms with Crippen molar-refractivity contribution in [2.45, 2.75) is 47.0 Å². The molecular formula is C23H28N4O2. The second-order valence-corrected chi connectivity index (χ2v) is 7.88. The lowest BCUT2D eigenvalue weighted by Crippen LogP contribution is -2.41. The molecule has 1 atom stereocenters. The third-order valence-corrected chi connectivity index (χ3v) is 5.84. The minimum absolute atomic E-state index is 0.0704. The highest BCUT2D eigenvalue weighted by atomic mass is 16.3. The summed E-state index contributed by atoms with van der Waals surface area (Å²) in [5.41, 5.74) is 3.81. The van der Waals surface area contributed by atoms with Crippen LogP contribution in [0.3, 0.4) is 0 Å². The van der Waals surface area contributed by atoms with Crippen molar-refractivity contribution < 1.29 is 9.21 Å². The van der Waals surface area contributed by atoms with Crippen LogP contribution >= 0.6 is 0 Å². The summed E-state index contributed by atoms with van der Waals surface area (Å²) in [5.74, 6) is 2.42. The van der Waals surface area contributed by atoms with E-state index in [0.29, 0.717) is 18.1 Å². The Morgan fingerprint density at radius 2 is 1.97 bits per heavy atom. The second kappa shape index (κ2) is 7.85. The highest BCUT2D eigenvalue weighted by molar-refractivity contribution is 5.94. The average Bonchev–Trinajstić information content (AvgIpc) is 3.01. The van der Waals surface area contributed by atoms with Gasteiger partial charge in [0.25, 0.3) is 0 Å². The van der Waals surface area contributed by atoms with Crippen LogP contribution in [0.4, 0.5) is 11.5 Å². The molecule has 29 heavy (non-hydrogen) atoms. The van der Waals surface area contributed by atoms with E-state index in [1.54, 1.807) is 0 Å². The second-order valence-electron chi connectivity index (χ2n) is 7.88. The molecule has 1 unspecified atom stereocenters. The molecule has 2 aromatic heterocycles. The number of piperidine rings is 1. The van der Waals surface area contributed by atoms with Gasteiger partial charge in [0.15, 0.2) is 0 Å². The quantitative estimate of drug-likeness (QED) is 0.704. The molecule has 6 heteroatoms. The van der Waals surface area contributed by atoms with Gasteiger partial charge < -0.3 is 14.6 Å². The molecule has 1 amide bonds. The van der Waals surface area contributed by atoms with Gasteiger partial charge in [-0.2, -0.15) is 4.98 Å². The average molecular weight is 393 g/mol. The smallest absolute Gasteiger partial charge is 0.231 e. The summed E-state index contributed by atoms with van der Waals surface area (Å²) < 4.78 is 5.83. The summed E-state index contributed by atoms with van der Waals surface area (Å²) in [6.45, 7) is 9.52. The van der Waals surface area contributed by atoms with Crippen LogP contribution in [-0.2, 0) is 11.2 Å². The maximum absolute atomic E-state index is 12.9. The van der Waals surface area contributed by atoms with Crippen molar-refractivity contribution in [3.63, 3.8) is 0 Å². The number of nitrogens with zero attached hydrogens (tertiary/aromatic N) is 3. The van der Waals surface area contributed by atoms with E-state index < -0.39 is 0 Å². The van der Waals surface area contributed by atoms with Crippen molar-refractivity contribution in [3.8, 4) is 0 Å². The van der Waals surface area contributed by atoms with Crippen LogP contribution in [-0.4, -0.2) is 29.0 Å². The maximum Gasteiger partial charge on any atom is 0.231 e. The Morgan fingerprint density at radius 3 is 2.69 bits per heavy atom. The molecule has 1 aromatic carbocycles. The lowest BCUT2D eigenvalue weighted by Gasteiger charge is -2.33. The minimum atomic E-state index is -0.0757. The van der Waals surface area contributed by atoms with E-state index in [2.05, 4.69) is 34.3 Å². The third-order valence-electron chi connectivity index (χ3n) is 5.84. The fourth-order valence-electron chi connectivity index (χ4n) is 4.01. The zero-order valence-electron chi connectivity index (χ0n) is 17.6. The van der Waals surface area contributed by atoms with Gasteiger partial charge >= 0.3 is 0 Å². The number of aromatic nitrogens is 2. The Morgan fingerprint density at radius 1 is 1.21 bits per heavy atom. The predicted molar refractivity (Wildman–Crippen MR) is 115 cm³/mol. The molecule has 0 spiro atoms. The number of hydrogen-bond acceptors (Lipinski definition) is 5. The van der Waals surface area contributed by atoms with Gasteiger partial charge in [-0.1, -0.05) is 19.1 Å². The Hall–Kier alpha value is -2.89. The molecule has 0 saturated carbocycles. The van der Waals surface area contributed by atoms with Gasteiger partial charge in [-0.3, -0.25) is 4.79 Å². The normalized spacial score (nSPS) is 17.0. The monoisotopic (exact) mass is 392 g/mol. The van der Waals surface area contributed by atoms with Crippen molar-refractivity contribution in [1.82, 2.24) is 9.97 Å². The molecule has 1 aliphatic heterocycles. The summed E-state index contributed by atoms with van der Waals surface area (Å²) in [6.07, 6.45) is 2.82. The number of benzene rings is 1. The number of anilines is 2. The van der Waals surface area contributed by atoms with E-state index in [-0.39, 0.29) is 11.8 Å². The molecule has 0 aliphatic carbocycles. The maximum atomic E-state index is 12.9. The van der Waals surface area contributed by atoms with E-state index in [0.717, 1.165) is 54.0 Å². The van der Waals surface area contributed by atoms with E-state index >= 15 is 0 Å². The van der Waals surface area contributed by atoms with Crippen LogP contribution in [0.1, 0.15) is 42.5 Å². The van der Waals surface area contributed by atoms with Gasteiger partial charge in [0.2, 0.25) is 11.6 Å². The van der Waals surface area contributed by atoms with Crippen LogP contribution < -0.4 is 10.2 Å². The SMILES string of the molecule is CCc1ccc(NC(=O)C2CCCN(c3nc(C)nc4oc(C)c(C)c34)C2)cc1. The van der Waals surface area contributed by atoms with Crippen molar-refractivity contribution in [2.75, 3.05) is 23.3 Å². The van der Waals surface area contributed by atoms with Gasteiger partial charge in [0.05, 0.1) is 11.3 Å². The lowest BCUT2D eigenvalue weighted by atomic mass is 9.96. The van der Waals surface area contributed by atoms with E-state index in [1.807, 2.05) is 32.9 Å². The van der Waals surface area contributed by atoms with Crippen LogP contribution in [0.5, 0.6) is 0 Å². The molecular weight excluding hydrogens is 364 g/mol. The Balaban J connectivity index is 1.55. The Labute approximate surface area is 171 Å². The van der Waals surface area contributed by atoms with Gasteiger partial charge in [-0.05, 0) is 57.7 Å². The van der Waals surface area contributed by atoms with E-state index in [9.17, 15) is 4.79 Å². The van der Waals surface area contributed by atoms with Crippen LogP contribution in [0.25, 0.3) is 11.1 Å². The first-order valence-corrected chi connectivity index (χ1v) is 10.4. The molecule has 0 bridgehead atoms. The molecule has 1 saturated heterocycles. The van der Waals surface area contributed by atoms with Crippen molar-refractivity contribution in [1.29, 1.82) is 0 Å². The highest BCUT2D eigenvalue weighted by Crippen LogP contribution is 2.33. The summed E-state index contributed by atoms with van der Waals surface area (Å²) in [5, 5.41) is 4.04. The number of rotatable bonds is 4. The summed E-state index contributed by atoms with van der Waals surface area (Å²) >= 11 is 0. The Bertz CT molecular complexity index is 1040. The lowest BCUT2D eigenvalue weighted by molar-refractivity contribution is -0.120. The molecule has 1 aliphatic rings. The minimum Gasteiger partial charge on any atom is -0.443 e. The van der Waals surface area contributed by atoms with Gasteiger partial charge in [-0.25, -0.2) is 4.98 Å².